The van der Waals surface area contributed by atoms with Gasteiger partial charge >= 0.3 is 0 Å². The van der Waals surface area contributed by atoms with E-state index in [0.717, 1.165) is 33.3 Å². The lowest BCUT2D eigenvalue weighted by molar-refractivity contribution is 0.480. The van der Waals surface area contributed by atoms with Crippen molar-refractivity contribution in [2.75, 3.05) is 0 Å². The average molecular weight is 413 g/mol. The van der Waals surface area contributed by atoms with E-state index in [2.05, 4.69) is 28.7 Å². The summed E-state index contributed by atoms with van der Waals surface area (Å²) in [6.45, 7) is 0. The second-order valence-electron chi connectivity index (χ2n) is 7.77. The molecule has 0 amide bonds. The van der Waals surface area contributed by atoms with Gasteiger partial charge in [0.25, 0.3) is 0 Å². The van der Waals surface area contributed by atoms with Crippen molar-refractivity contribution in [1.82, 2.24) is 4.40 Å². The summed E-state index contributed by atoms with van der Waals surface area (Å²) in [6, 6.07) is 35.7. The zero-order valence-corrected chi connectivity index (χ0v) is 17.2. The van der Waals surface area contributed by atoms with Crippen molar-refractivity contribution >= 4 is 16.3 Å². The normalized spacial score (nSPS) is 11.2. The van der Waals surface area contributed by atoms with Gasteiger partial charge in [-0.1, -0.05) is 84.9 Å². The first kappa shape index (κ1) is 18.4. The molecule has 0 aliphatic carbocycles. The van der Waals surface area contributed by atoms with Crippen molar-refractivity contribution in [2.45, 2.75) is 0 Å². The third-order valence-electron chi connectivity index (χ3n) is 5.81. The van der Waals surface area contributed by atoms with E-state index in [1.165, 1.54) is 0 Å². The quantitative estimate of drug-likeness (QED) is 0.311. The van der Waals surface area contributed by atoms with Crippen LogP contribution in [0.4, 0.5) is 0 Å². The molecule has 0 N–H and O–H groups in total. The molecule has 0 unspecified atom stereocenters. The van der Waals surface area contributed by atoms with Crippen LogP contribution in [0, 0.1) is 0 Å². The smallest absolute Gasteiger partial charge is 0.231 e. The minimum Gasteiger partial charge on any atom is -0.453 e. The minimum absolute atomic E-state index is 0.105. The van der Waals surface area contributed by atoms with Gasteiger partial charge in [-0.2, -0.15) is 0 Å². The summed E-state index contributed by atoms with van der Waals surface area (Å²) < 4.78 is 8.20. The van der Waals surface area contributed by atoms with E-state index < -0.39 is 0 Å². The molecule has 3 heteroatoms. The summed E-state index contributed by atoms with van der Waals surface area (Å²) in [4.78, 5) is 13.8. The van der Waals surface area contributed by atoms with Crippen LogP contribution in [-0.2, 0) is 0 Å². The van der Waals surface area contributed by atoms with Crippen molar-refractivity contribution in [2.24, 2.45) is 0 Å². The van der Waals surface area contributed by atoms with Gasteiger partial charge in [0.15, 0.2) is 5.75 Å². The van der Waals surface area contributed by atoms with Crippen LogP contribution in [0.1, 0.15) is 0 Å². The van der Waals surface area contributed by atoms with Crippen molar-refractivity contribution < 1.29 is 4.74 Å². The lowest BCUT2D eigenvalue weighted by Gasteiger charge is -2.07. The van der Waals surface area contributed by atoms with E-state index in [0.29, 0.717) is 16.9 Å². The molecule has 3 nitrogen and oxygen atoms in total. The number of rotatable bonds is 4. The van der Waals surface area contributed by atoms with Crippen molar-refractivity contribution in [1.29, 1.82) is 0 Å². The van der Waals surface area contributed by atoms with E-state index in [1.807, 2.05) is 91.1 Å². The second kappa shape index (κ2) is 7.40. The predicted molar refractivity (Wildman–Crippen MR) is 130 cm³/mol. The Morgan fingerprint density at radius 2 is 1.28 bits per heavy atom. The van der Waals surface area contributed by atoms with E-state index in [9.17, 15) is 4.79 Å². The van der Waals surface area contributed by atoms with Gasteiger partial charge in [-0.15, -0.1) is 0 Å². The summed E-state index contributed by atoms with van der Waals surface area (Å²) in [5.74, 6) is 0.977. The highest BCUT2D eigenvalue weighted by Gasteiger charge is 2.24. The third kappa shape index (κ3) is 2.87. The molecule has 152 valence electrons. The number of aromatic nitrogens is 1. The Hall–Kier alpha value is -4.37. The molecule has 2 aromatic heterocycles. The number of benzene rings is 4. The van der Waals surface area contributed by atoms with Gasteiger partial charge in [0.1, 0.15) is 5.75 Å². The zero-order chi connectivity index (χ0) is 21.5. The van der Waals surface area contributed by atoms with Crippen LogP contribution in [-0.4, -0.2) is 4.40 Å². The second-order valence-corrected chi connectivity index (χ2v) is 7.77. The molecule has 0 aliphatic heterocycles. The molecular weight excluding hydrogens is 394 g/mol. The molecule has 4 aromatic carbocycles. The lowest BCUT2D eigenvalue weighted by atomic mass is 9.97. The van der Waals surface area contributed by atoms with Gasteiger partial charge in [-0.05, 0) is 35.4 Å². The molecule has 6 aromatic rings. The summed E-state index contributed by atoms with van der Waals surface area (Å²) in [5, 5.41) is 1.64. The lowest BCUT2D eigenvalue weighted by Crippen LogP contribution is -2.05. The fourth-order valence-electron chi connectivity index (χ4n) is 4.46. The molecule has 32 heavy (non-hydrogen) atoms. The number of hydrogen-bond acceptors (Lipinski definition) is 2. The van der Waals surface area contributed by atoms with E-state index in [1.54, 1.807) is 0 Å². The number of nitrogens with zero attached hydrogens (tertiary/aromatic N) is 1. The van der Waals surface area contributed by atoms with Gasteiger partial charge in [0.2, 0.25) is 5.43 Å². The van der Waals surface area contributed by atoms with Gasteiger partial charge in [0.05, 0.1) is 16.6 Å². The largest absolute Gasteiger partial charge is 0.453 e. The summed E-state index contributed by atoms with van der Waals surface area (Å²) in [7, 11) is 0. The average Bonchev–Trinajstić information content (AvgIpc) is 3.21. The Labute approximate surface area is 185 Å². The van der Waals surface area contributed by atoms with Gasteiger partial charge in [-0.3, -0.25) is 4.79 Å². The zero-order valence-electron chi connectivity index (χ0n) is 17.2. The van der Waals surface area contributed by atoms with Crippen molar-refractivity contribution in [3.63, 3.8) is 0 Å². The maximum absolute atomic E-state index is 13.8. The standard InChI is InChI=1S/C29H19NO2/c31-29-24(32-23-16-8-3-9-17-23)19-22-15-10-18-30-27(21-13-6-2-7-14-21)25(26(29)28(22)30)20-11-4-1-5-12-20/h1-19H. The van der Waals surface area contributed by atoms with Crippen LogP contribution in [0.25, 0.3) is 38.7 Å². The van der Waals surface area contributed by atoms with Crippen molar-refractivity contribution in [3.8, 4) is 33.9 Å². The molecule has 0 radical (unpaired) electrons. The Kier molecular flexibility index (Phi) is 4.25. The topological polar surface area (TPSA) is 30.7 Å². The third-order valence-corrected chi connectivity index (χ3v) is 5.81. The summed E-state index contributed by atoms with van der Waals surface area (Å²) in [5.41, 5.74) is 4.81. The summed E-state index contributed by atoms with van der Waals surface area (Å²) in [6.07, 6.45) is 2.03. The van der Waals surface area contributed by atoms with Crippen LogP contribution in [0.5, 0.6) is 11.5 Å². The fraction of sp³-hybridized carbons (Fsp3) is 0. The van der Waals surface area contributed by atoms with E-state index in [-0.39, 0.29) is 5.43 Å². The molecule has 0 aliphatic rings. The molecule has 2 heterocycles. The molecule has 0 saturated carbocycles. The van der Waals surface area contributed by atoms with Crippen molar-refractivity contribution in [3.05, 3.63) is 126 Å². The highest BCUT2D eigenvalue weighted by molar-refractivity contribution is 6.11. The highest BCUT2D eigenvalue weighted by atomic mass is 16.5. The number of ether oxygens (including phenoxy) is 1. The minimum atomic E-state index is -0.105. The molecule has 0 fully saturated rings. The van der Waals surface area contributed by atoms with Gasteiger partial charge in [-0.25, -0.2) is 0 Å². The maximum Gasteiger partial charge on any atom is 0.231 e. The van der Waals surface area contributed by atoms with Gasteiger partial charge < -0.3 is 9.14 Å². The Morgan fingerprint density at radius 3 is 1.97 bits per heavy atom. The fourth-order valence-corrected chi connectivity index (χ4v) is 4.46. The Balaban J connectivity index is 1.75. The molecule has 0 atom stereocenters. The Morgan fingerprint density at radius 1 is 0.656 bits per heavy atom. The van der Waals surface area contributed by atoms with E-state index in [4.69, 9.17) is 4.74 Å². The van der Waals surface area contributed by atoms with Gasteiger partial charge in [0, 0.05) is 17.1 Å². The van der Waals surface area contributed by atoms with E-state index >= 15 is 0 Å². The molecule has 0 saturated heterocycles. The van der Waals surface area contributed by atoms with Crippen LogP contribution in [0.2, 0.25) is 0 Å². The van der Waals surface area contributed by atoms with Crippen LogP contribution in [0.3, 0.4) is 0 Å². The van der Waals surface area contributed by atoms with Crippen LogP contribution in [0.15, 0.2) is 120 Å². The predicted octanol–water partition coefficient (Wildman–Crippen LogP) is 7.02. The SMILES string of the molecule is O=c1c(Oc2ccccc2)cc2cccn3c(-c4ccccc4)c(-c4ccccc4)c1c23. The summed E-state index contributed by atoms with van der Waals surface area (Å²) >= 11 is 0. The number of hydrogen-bond donors (Lipinski definition) is 0. The molecule has 6 rings (SSSR count). The maximum atomic E-state index is 13.8. The molecule has 0 bridgehead atoms. The molecular formula is C29H19NO2. The Bertz CT molecular complexity index is 1590. The number of para-hydroxylation sites is 1. The number of pyridine rings is 1. The highest BCUT2D eigenvalue weighted by Crippen LogP contribution is 2.41. The monoisotopic (exact) mass is 413 g/mol. The first-order valence-corrected chi connectivity index (χ1v) is 10.6. The van der Waals surface area contributed by atoms with Crippen LogP contribution < -0.4 is 10.2 Å². The van der Waals surface area contributed by atoms with Crippen LogP contribution >= 0.6 is 0 Å². The first-order chi connectivity index (χ1) is 15.8. The molecule has 0 spiro atoms. The first-order valence-electron chi connectivity index (χ1n) is 10.6.